The maximum absolute atomic E-state index is 13.5. The Morgan fingerprint density at radius 1 is 1.23 bits per heavy atom. The first kappa shape index (κ1) is 19.3. The molecule has 2 aromatic rings. The summed E-state index contributed by atoms with van der Waals surface area (Å²) in [5.74, 6) is 1.14. The van der Waals surface area contributed by atoms with Crippen molar-refractivity contribution in [3.63, 3.8) is 0 Å². The number of amides is 2. The van der Waals surface area contributed by atoms with Gasteiger partial charge in [-0.25, -0.2) is 4.98 Å². The molecular weight excluding hydrogens is 378 g/mol. The molecule has 0 aliphatic carbocycles. The van der Waals surface area contributed by atoms with Crippen LogP contribution in [0.4, 0.5) is 0 Å². The molecule has 7 nitrogen and oxygen atoms in total. The Morgan fingerprint density at radius 2 is 2.07 bits per heavy atom. The number of fused-ring (bicyclic) bond motifs is 2. The van der Waals surface area contributed by atoms with E-state index in [1.807, 2.05) is 22.1 Å². The minimum absolute atomic E-state index is 0.0120. The van der Waals surface area contributed by atoms with Crippen molar-refractivity contribution in [2.75, 3.05) is 19.6 Å². The second-order valence-electron chi connectivity index (χ2n) is 8.76. The Kier molecular flexibility index (Phi) is 5.06. The van der Waals surface area contributed by atoms with E-state index in [1.165, 1.54) is 11.1 Å². The molecule has 7 heteroatoms. The van der Waals surface area contributed by atoms with E-state index in [0.717, 1.165) is 38.2 Å². The molecule has 158 valence electrons. The van der Waals surface area contributed by atoms with Crippen molar-refractivity contribution in [2.45, 2.75) is 51.4 Å². The van der Waals surface area contributed by atoms with E-state index >= 15 is 0 Å². The number of hydrogen-bond donors (Lipinski definition) is 1. The molecule has 0 bridgehead atoms. The number of imidazole rings is 1. The zero-order chi connectivity index (χ0) is 20.7. The quantitative estimate of drug-likeness (QED) is 0.839. The number of nitrogens with zero attached hydrogens (tertiary/aromatic N) is 4. The third-order valence-corrected chi connectivity index (χ3v) is 6.96. The molecule has 0 spiro atoms. The fourth-order valence-corrected chi connectivity index (χ4v) is 5.60. The van der Waals surface area contributed by atoms with Crippen molar-refractivity contribution >= 4 is 11.8 Å². The number of aromatic nitrogens is 2. The second-order valence-corrected chi connectivity index (χ2v) is 8.76. The molecule has 3 aliphatic rings. The van der Waals surface area contributed by atoms with Gasteiger partial charge in [-0.1, -0.05) is 31.2 Å². The van der Waals surface area contributed by atoms with E-state index in [2.05, 4.69) is 40.0 Å². The lowest BCUT2D eigenvalue weighted by Crippen LogP contribution is -2.56. The van der Waals surface area contributed by atoms with E-state index in [1.54, 1.807) is 6.20 Å². The summed E-state index contributed by atoms with van der Waals surface area (Å²) in [5, 5.41) is 0. The highest BCUT2D eigenvalue weighted by molar-refractivity contribution is 5.85. The normalized spacial score (nSPS) is 26.6. The Balaban J connectivity index is 1.31. The Morgan fingerprint density at radius 3 is 2.83 bits per heavy atom. The maximum atomic E-state index is 13.5. The molecule has 0 saturated carbocycles. The molecule has 5 rings (SSSR count). The average molecular weight is 408 g/mol. The van der Waals surface area contributed by atoms with Gasteiger partial charge in [-0.3, -0.25) is 14.5 Å². The Bertz CT molecular complexity index is 927. The van der Waals surface area contributed by atoms with Gasteiger partial charge in [0.1, 0.15) is 5.82 Å². The zero-order valence-corrected chi connectivity index (χ0v) is 17.5. The monoisotopic (exact) mass is 407 g/mol. The lowest BCUT2D eigenvalue weighted by molar-refractivity contribution is -0.142. The van der Waals surface area contributed by atoms with Crippen LogP contribution in [0.15, 0.2) is 36.7 Å². The average Bonchev–Trinajstić information content (AvgIpc) is 3.40. The van der Waals surface area contributed by atoms with Crippen LogP contribution in [0.5, 0.6) is 0 Å². The SMILES string of the molecule is CC[C@@H]1[C@H](C(=O)N2CCc3ccccc3C2)C[C@@H]2CN(Cc3ncc[nH]3)CC(=O)N21. The lowest BCUT2D eigenvalue weighted by Gasteiger charge is -2.39. The summed E-state index contributed by atoms with van der Waals surface area (Å²) in [6.45, 7) is 5.39. The third-order valence-electron chi connectivity index (χ3n) is 6.96. The van der Waals surface area contributed by atoms with Gasteiger partial charge in [0, 0.05) is 44.1 Å². The fraction of sp³-hybridized carbons (Fsp3) is 0.522. The molecule has 0 unspecified atom stereocenters. The van der Waals surface area contributed by atoms with E-state index in [9.17, 15) is 9.59 Å². The van der Waals surface area contributed by atoms with Gasteiger partial charge in [0.15, 0.2) is 0 Å². The number of piperazine rings is 1. The molecule has 30 heavy (non-hydrogen) atoms. The van der Waals surface area contributed by atoms with Gasteiger partial charge in [0.05, 0.1) is 19.0 Å². The highest BCUT2D eigenvalue weighted by Gasteiger charge is 2.49. The lowest BCUT2D eigenvalue weighted by atomic mass is 9.93. The van der Waals surface area contributed by atoms with E-state index < -0.39 is 0 Å². The van der Waals surface area contributed by atoms with E-state index in [-0.39, 0.29) is 29.8 Å². The van der Waals surface area contributed by atoms with Crippen LogP contribution in [-0.2, 0) is 29.1 Å². The summed E-state index contributed by atoms with van der Waals surface area (Å²) in [7, 11) is 0. The summed E-state index contributed by atoms with van der Waals surface area (Å²) in [4.78, 5) is 40.1. The summed E-state index contributed by atoms with van der Waals surface area (Å²) in [6.07, 6.45) is 6.04. The van der Waals surface area contributed by atoms with Gasteiger partial charge in [-0.2, -0.15) is 0 Å². The summed E-state index contributed by atoms with van der Waals surface area (Å²) >= 11 is 0. The summed E-state index contributed by atoms with van der Waals surface area (Å²) in [5.41, 5.74) is 2.60. The van der Waals surface area contributed by atoms with Crippen LogP contribution in [0, 0.1) is 5.92 Å². The molecule has 3 aliphatic heterocycles. The predicted octanol–water partition coefficient (Wildman–Crippen LogP) is 1.81. The van der Waals surface area contributed by atoms with E-state index in [4.69, 9.17) is 0 Å². The van der Waals surface area contributed by atoms with Crippen LogP contribution < -0.4 is 0 Å². The van der Waals surface area contributed by atoms with Gasteiger partial charge in [0.2, 0.25) is 11.8 Å². The van der Waals surface area contributed by atoms with Crippen LogP contribution in [0.2, 0.25) is 0 Å². The molecule has 3 atom stereocenters. The van der Waals surface area contributed by atoms with Gasteiger partial charge in [-0.15, -0.1) is 0 Å². The molecule has 2 fully saturated rings. The molecule has 2 amide bonds. The number of carbonyl (C=O) groups excluding carboxylic acids is 2. The number of nitrogens with one attached hydrogen (secondary N) is 1. The van der Waals surface area contributed by atoms with Crippen molar-refractivity contribution in [1.29, 1.82) is 0 Å². The summed E-state index contributed by atoms with van der Waals surface area (Å²) < 4.78 is 0. The first-order chi connectivity index (χ1) is 14.6. The molecular formula is C23H29N5O2. The molecule has 1 aromatic heterocycles. The van der Waals surface area contributed by atoms with Crippen LogP contribution in [0.3, 0.4) is 0 Å². The van der Waals surface area contributed by atoms with Crippen molar-refractivity contribution < 1.29 is 9.59 Å². The number of H-pyrrole nitrogens is 1. The predicted molar refractivity (Wildman–Crippen MR) is 112 cm³/mol. The van der Waals surface area contributed by atoms with E-state index in [0.29, 0.717) is 19.6 Å². The second kappa shape index (κ2) is 7.87. The van der Waals surface area contributed by atoms with Crippen molar-refractivity contribution in [3.8, 4) is 0 Å². The third kappa shape index (κ3) is 3.41. The first-order valence-corrected chi connectivity index (χ1v) is 11.0. The minimum atomic E-state index is -0.0993. The molecule has 2 saturated heterocycles. The maximum Gasteiger partial charge on any atom is 0.237 e. The highest BCUT2D eigenvalue weighted by atomic mass is 16.2. The van der Waals surface area contributed by atoms with Crippen molar-refractivity contribution in [3.05, 3.63) is 53.6 Å². The fourth-order valence-electron chi connectivity index (χ4n) is 5.60. The number of aromatic amines is 1. The van der Waals surface area contributed by atoms with Crippen LogP contribution in [-0.4, -0.2) is 68.2 Å². The zero-order valence-electron chi connectivity index (χ0n) is 17.5. The van der Waals surface area contributed by atoms with Gasteiger partial charge < -0.3 is 14.8 Å². The van der Waals surface area contributed by atoms with Crippen molar-refractivity contribution in [2.24, 2.45) is 5.92 Å². The Labute approximate surface area is 177 Å². The molecule has 4 heterocycles. The minimum Gasteiger partial charge on any atom is -0.348 e. The largest absolute Gasteiger partial charge is 0.348 e. The van der Waals surface area contributed by atoms with Crippen molar-refractivity contribution in [1.82, 2.24) is 24.7 Å². The standard InChI is InChI=1S/C23H29N5O2/c1-2-20-19(23(30)27-10-7-16-5-3-4-6-17(16)12-27)11-18-13-26(15-22(29)28(18)20)14-21-24-8-9-25-21/h3-6,8-9,18-20H,2,7,10-15H2,1H3,(H,24,25)/t18-,19-,20-/m1/s1. The molecule has 1 N–H and O–H groups in total. The smallest absolute Gasteiger partial charge is 0.237 e. The number of carbonyl (C=O) groups is 2. The van der Waals surface area contributed by atoms with Gasteiger partial charge >= 0.3 is 0 Å². The van der Waals surface area contributed by atoms with Crippen LogP contribution in [0.25, 0.3) is 0 Å². The summed E-state index contributed by atoms with van der Waals surface area (Å²) in [6, 6.07) is 8.52. The molecule has 1 aromatic carbocycles. The number of rotatable bonds is 4. The van der Waals surface area contributed by atoms with Crippen LogP contribution >= 0.6 is 0 Å². The Hall–Kier alpha value is -2.67. The van der Waals surface area contributed by atoms with Gasteiger partial charge in [0.25, 0.3) is 0 Å². The number of hydrogen-bond acceptors (Lipinski definition) is 4. The topological polar surface area (TPSA) is 72.5 Å². The number of benzene rings is 1. The van der Waals surface area contributed by atoms with Gasteiger partial charge in [-0.05, 0) is 30.4 Å². The molecule has 0 radical (unpaired) electrons. The first-order valence-electron chi connectivity index (χ1n) is 11.0. The van der Waals surface area contributed by atoms with Crippen LogP contribution in [0.1, 0.15) is 36.7 Å². The highest BCUT2D eigenvalue weighted by Crippen LogP contribution is 2.37.